The molecule has 0 aliphatic carbocycles. The Balaban J connectivity index is 1.91. The van der Waals surface area contributed by atoms with Crippen molar-refractivity contribution in [3.05, 3.63) is 62.4 Å². The monoisotopic (exact) mass is 618 g/mol. The third-order valence-corrected chi connectivity index (χ3v) is 11.1. The van der Waals surface area contributed by atoms with Crippen molar-refractivity contribution in [3.8, 4) is 6.07 Å². The third-order valence-electron chi connectivity index (χ3n) is 6.86. The Bertz CT molecular complexity index is 1370. The van der Waals surface area contributed by atoms with Crippen LogP contribution in [0.25, 0.3) is 0 Å². The Labute approximate surface area is 249 Å². The summed E-state index contributed by atoms with van der Waals surface area (Å²) in [5.41, 5.74) is -0.174. The van der Waals surface area contributed by atoms with Crippen molar-refractivity contribution in [2.45, 2.75) is 97.6 Å². The van der Waals surface area contributed by atoms with Gasteiger partial charge in [-0.3, -0.25) is 14.3 Å². The molecule has 1 aromatic carbocycles. The van der Waals surface area contributed by atoms with Crippen LogP contribution in [-0.4, -0.2) is 65.8 Å². The first kappa shape index (κ1) is 33.8. The molecule has 1 aromatic heterocycles. The molecule has 2 heterocycles. The average Bonchev–Trinajstić information content (AvgIpc) is 3.30. The molecule has 1 saturated heterocycles. The molecule has 0 bridgehead atoms. The molecular formula is C29H43N4O7PSi. The van der Waals surface area contributed by atoms with E-state index < -0.39 is 52.3 Å². The van der Waals surface area contributed by atoms with E-state index in [1.54, 1.807) is 13.0 Å². The first-order valence-electron chi connectivity index (χ1n) is 14.2. The van der Waals surface area contributed by atoms with Gasteiger partial charge >= 0.3 is 11.7 Å². The van der Waals surface area contributed by atoms with Crippen LogP contribution in [0.1, 0.15) is 62.7 Å². The molecule has 1 unspecified atom stereocenters. The lowest BCUT2D eigenvalue weighted by molar-refractivity contribution is -0.0513. The lowest BCUT2D eigenvalue weighted by Crippen LogP contribution is -2.42. The van der Waals surface area contributed by atoms with Crippen molar-refractivity contribution in [2.75, 3.05) is 13.2 Å². The summed E-state index contributed by atoms with van der Waals surface area (Å²) in [6, 6.07) is 9.74. The van der Waals surface area contributed by atoms with Gasteiger partial charge in [0, 0.05) is 30.3 Å². The van der Waals surface area contributed by atoms with E-state index in [4.69, 9.17) is 23.8 Å². The fourth-order valence-electron chi connectivity index (χ4n) is 4.89. The summed E-state index contributed by atoms with van der Waals surface area (Å²) < 4.78 is 28.2. The number of H-pyrrole nitrogens is 1. The summed E-state index contributed by atoms with van der Waals surface area (Å²) in [4.78, 5) is 40.3. The second kappa shape index (κ2) is 14.7. The molecule has 1 fully saturated rings. The zero-order chi connectivity index (χ0) is 31.2. The largest absolute Gasteiger partial charge is 0.459 e. The fraction of sp³-hybridized carbons (Fsp3) is 0.586. The van der Waals surface area contributed by atoms with Gasteiger partial charge in [0.05, 0.1) is 38.8 Å². The maximum absolute atomic E-state index is 13.3. The summed E-state index contributed by atoms with van der Waals surface area (Å²) in [7, 11) is -3.45. The van der Waals surface area contributed by atoms with Gasteiger partial charge in [0.2, 0.25) is 0 Å². The molecule has 3 rings (SSSR count). The summed E-state index contributed by atoms with van der Waals surface area (Å²) in [6.07, 6.45) is -0.172. The SMILES string of the molecule is Cc1cn([C@H]2C[C@H](OP(OCCC#N)N(C(C)C)C(C)C)[C@@H](COC(=O)c3ccccc3[Si](C)(C)C)O2)c(=O)[nH]c1=O. The predicted octanol–water partition coefficient (Wildman–Crippen LogP) is 4.20. The van der Waals surface area contributed by atoms with E-state index in [-0.39, 0.29) is 38.1 Å². The number of nitriles is 1. The minimum atomic E-state index is -1.82. The van der Waals surface area contributed by atoms with E-state index in [2.05, 4.69) is 35.4 Å². The average molecular weight is 619 g/mol. The van der Waals surface area contributed by atoms with Crippen molar-refractivity contribution in [1.82, 2.24) is 14.2 Å². The minimum absolute atomic E-state index is 0.0788. The van der Waals surface area contributed by atoms with Gasteiger partial charge in [-0.15, -0.1) is 0 Å². The van der Waals surface area contributed by atoms with Crippen LogP contribution in [0.4, 0.5) is 0 Å². The van der Waals surface area contributed by atoms with Crippen LogP contribution < -0.4 is 16.4 Å². The number of carbonyl (C=O) groups is 1. The van der Waals surface area contributed by atoms with Crippen LogP contribution in [-0.2, 0) is 18.5 Å². The van der Waals surface area contributed by atoms with E-state index in [9.17, 15) is 14.4 Å². The van der Waals surface area contributed by atoms with Crippen molar-refractivity contribution in [2.24, 2.45) is 0 Å². The van der Waals surface area contributed by atoms with E-state index >= 15 is 0 Å². The Morgan fingerprint density at radius 1 is 1.21 bits per heavy atom. The van der Waals surface area contributed by atoms with Crippen molar-refractivity contribution in [1.29, 1.82) is 5.26 Å². The summed E-state index contributed by atoms with van der Waals surface area (Å²) >= 11 is 0. The van der Waals surface area contributed by atoms with Gasteiger partial charge < -0.3 is 18.5 Å². The molecule has 1 aliphatic heterocycles. The number of esters is 1. The Morgan fingerprint density at radius 2 is 1.88 bits per heavy atom. The van der Waals surface area contributed by atoms with Gasteiger partial charge in [0.1, 0.15) is 18.9 Å². The van der Waals surface area contributed by atoms with Crippen LogP contribution in [0.15, 0.2) is 40.1 Å². The van der Waals surface area contributed by atoms with Crippen molar-refractivity contribution < 1.29 is 23.3 Å². The predicted molar refractivity (Wildman–Crippen MR) is 164 cm³/mol. The van der Waals surface area contributed by atoms with E-state index in [0.29, 0.717) is 11.1 Å². The molecular weight excluding hydrogens is 575 g/mol. The molecule has 13 heteroatoms. The maximum atomic E-state index is 13.3. The van der Waals surface area contributed by atoms with Crippen LogP contribution in [0.5, 0.6) is 0 Å². The fourth-order valence-corrected chi connectivity index (χ4v) is 8.24. The topological polar surface area (TPSA) is 136 Å². The Kier molecular flexibility index (Phi) is 11.8. The number of hydrogen-bond donors (Lipinski definition) is 1. The number of nitrogens with zero attached hydrogens (tertiary/aromatic N) is 3. The molecule has 0 saturated carbocycles. The number of aromatic amines is 1. The molecule has 2 aromatic rings. The second-order valence-corrected chi connectivity index (χ2v) is 18.4. The minimum Gasteiger partial charge on any atom is -0.459 e. The van der Waals surface area contributed by atoms with Gasteiger partial charge in [0.25, 0.3) is 14.1 Å². The lowest BCUT2D eigenvalue weighted by atomic mass is 10.2. The van der Waals surface area contributed by atoms with Gasteiger partial charge in [0.15, 0.2) is 0 Å². The highest BCUT2D eigenvalue weighted by atomic mass is 31.2. The zero-order valence-electron chi connectivity index (χ0n) is 25.7. The maximum Gasteiger partial charge on any atom is 0.338 e. The second-order valence-electron chi connectivity index (χ2n) is 11.9. The molecule has 42 heavy (non-hydrogen) atoms. The molecule has 11 nitrogen and oxygen atoms in total. The van der Waals surface area contributed by atoms with E-state index in [0.717, 1.165) is 5.19 Å². The summed E-state index contributed by atoms with van der Waals surface area (Å²) in [5, 5.41) is 10.1. The Hall–Kier alpha value is -2.65. The molecule has 4 atom stereocenters. The lowest BCUT2D eigenvalue weighted by Gasteiger charge is -2.37. The number of aromatic nitrogens is 2. The number of nitrogens with one attached hydrogen (secondary N) is 1. The number of benzene rings is 1. The summed E-state index contributed by atoms with van der Waals surface area (Å²) in [6.45, 7) is 16.4. The molecule has 0 radical (unpaired) electrons. The van der Waals surface area contributed by atoms with Crippen LogP contribution in [0, 0.1) is 18.3 Å². The van der Waals surface area contributed by atoms with Gasteiger partial charge in [-0.25, -0.2) is 14.3 Å². The number of carbonyl (C=O) groups excluding carboxylic acids is 1. The third kappa shape index (κ3) is 8.46. The first-order valence-corrected chi connectivity index (χ1v) is 18.9. The molecule has 0 spiro atoms. The number of hydrogen-bond acceptors (Lipinski definition) is 9. The molecule has 0 amide bonds. The molecule has 230 valence electrons. The highest BCUT2D eigenvalue weighted by Crippen LogP contribution is 2.50. The van der Waals surface area contributed by atoms with Crippen LogP contribution in [0.3, 0.4) is 0 Å². The number of ether oxygens (including phenoxy) is 2. The quantitative estimate of drug-likeness (QED) is 0.152. The zero-order valence-corrected chi connectivity index (χ0v) is 27.6. The van der Waals surface area contributed by atoms with Crippen molar-refractivity contribution >= 4 is 27.8 Å². The molecule has 1 aliphatic rings. The first-order chi connectivity index (χ1) is 19.7. The van der Waals surface area contributed by atoms with Crippen LogP contribution >= 0.6 is 8.53 Å². The van der Waals surface area contributed by atoms with Gasteiger partial charge in [-0.05, 0) is 45.9 Å². The van der Waals surface area contributed by atoms with Gasteiger partial charge in [-0.1, -0.05) is 37.8 Å². The smallest absolute Gasteiger partial charge is 0.338 e. The summed E-state index contributed by atoms with van der Waals surface area (Å²) in [5.74, 6) is -0.450. The van der Waals surface area contributed by atoms with Crippen molar-refractivity contribution in [3.63, 3.8) is 0 Å². The molecule has 1 N–H and O–H groups in total. The number of aryl methyl sites for hydroxylation is 1. The van der Waals surface area contributed by atoms with E-state index in [1.165, 1.54) is 10.8 Å². The van der Waals surface area contributed by atoms with E-state index in [1.807, 2.05) is 45.9 Å². The standard InChI is InChI=1S/C29H43N4O7PSi/c1-19(2)33(20(3)4)41(38-15-11-14-30)40-23-16-26(32-17-21(5)27(34)31-29(32)36)39-24(23)18-37-28(35)22-12-9-10-13-25(22)42(6,7)8/h9-10,12-13,17,19-20,23-24,26H,11,15-16,18H2,1-8H3,(H,31,34,36)/t23-,24+,26+,41?/m0/s1. The highest BCUT2D eigenvalue weighted by Gasteiger charge is 2.42. The Morgan fingerprint density at radius 3 is 2.50 bits per heavy atom. The number of rotatable bonds is 13. The van der Waals surface area contributed by atoms with Crippen LogP contribution in [0.2, 0.25) is 19.6 Å². The van der Waals surface area contributed by atoms with Gasteiger partial charge in [-0.2, -0.15) is 5.26 Å². The highest BCUT2D eigenvalue weighted by molar-refractivity contribution is 7.44. The normalized spacial score (nSPS) is 19.8.